The third-order valence-electron chi connectivity index (χ3n) is 3.02. The first-order valence-electron chi connectivity index (χ1n) is 5.97. The van der Waals surface area contributed by atoms with Crippen LogP contribution in [-0.2, 0) is 0 Å². The van der Waals surface area contributed by atoms with Crippen molar-refractivity contribution in [1.29, 1.82) is 0 Å². The lowest BCUT2D eigenvalue weighted by Crippen LogP contribution is -2.18. The van der Waals surface area contributed by atoms with Crippen LogP contribution < -0.4 is 5.32 Å². The van der Waals surface area contributed by atoms with Crippen molar-refractivity contribution in [2.45, 2.75) is 19.9 Å². The van der Waals surface area contributed by atoms with Gasteiger partial charge in [-0.15, -0.1) is 0 Å². The third-order valence-corrected chi connectivity index (χ3v) is 3.74. The molecule has 3 heteroatoms. The van der Waals surface area contributed by atoms with Crippen LogP contribution in [-0.4, -0.2) is 12.0 Å². The van der Waals surface area contributed by atoms with Gasteiger partial charge in [-0.3, -0.25) is 4.98 Å². The quantitative estimate of drug-likeness (QED) is 0.933. The smallest absolute Gasteiger partial charge is 0.0600 e. The van der Waals surface area contributed by atoms with Gasteiger partial charge in [0.2, 0.25) is 0 Å². The van der Waals surface area contributed by atoms with E-state index in [0.717, 1.165) is 10.2 Å². The molecule has 0 saturated carbocycles. The number of benzene rings is 1. The lowest BCUT2D eigenvalue weighted by atomic mass is 9.98. The minimum Gasteiger partial charge on any atom is -0.309 e. The molecule has 0 amide bonds. The average molecular weight is 305 g/mol. The molecule has 0 aliphatic carbocycles. The Labute approximate surface area is 117 Å². The summed E-state index contributed by atoms with van der Waals surface area (Å²) < 4.78 is 1.12. The summed E-state index contributed by atoms with van der Waals surface area (Å²) in [6.45, 7) is 4.11. The van der Waals surface area contributed by atoms with Gasteiger partial charge >= 0.3 is 0 Å². The van der Waals surface area contributed by atoms with Crippen molar-refractivity contribution in [1.82, 2.24) is 10.3 Å². The fourth-order valence-corrected chi connectivity index (χ4v) is 2.51. The molecular weight excluding hydrogens is 288 g/mol. The van der Waals surface area contributed by atoms with Gasteiger partial charge in [0.15, 0.2) is 0 Å². The number of halogens is 1. The number of pyridine rings is 1. The predicted molar refractivity (Wildman–Crippen MR) is 78.8 cm³/mol. The van der Waals surface area contributed by atoms with E-state index in [0.29, 0.717) is 0 Å². The highest BCUT2D eigenvalue weighted by Crippen LogP contribution is 2.29. The Kier molecular flexibility index (Phi) is 4.15. The van der Waals surface area contributed by atoms with E-state index >= 15 is 0 Å². The first-order valence-corrected chi connectivity index (χ1v) is 6.77. The predicted octanol–water partition coefficient (Wildman–Crippen LogP) is 3.77. The largest absolute Gasteiger partial charge is 0.309 e. The van der Waals surface area contributed by atoms with E-state index in [1.807, 2.05) is 26.2 Å². The fourth-order valence-electron chi connectivity index (χ4n) is 2.04. The minimum atomic E-state index is 0.160. The molecule has 0 aliphatic rings. The van der Waals surface area contributed by atoms with Gasteiger partial charge in [-0.05, 0) is 44.2 Å². The van der Waals surface area contributed by atoms with Crippen molar-refractivity contribution in [3.63, 3.8) is 0 Å². The number of aromatic nitrogens is 1. The topological polar surface area (TPSA) is 24.9 Å². The molecule has 1 aromatic heterocycles. The molecule has 1 N–H and O–H groups in total. The number of hydrogen-bond acceptors (Lipinski definition) is 2. The second kappa shape index (κ2) is 5.63. The Morgan fingerprint density at radius 2 is 1.94 bits per heavy atom. The molecule has 2 nitrogen and oxygen atoms in total. The highest BCUT2D eigenvalue weighted by Gasteiger charge is 2.15. The lowest BCUT2D eigenvalue weighted by molar-refractivity contribution is 0.684. The maximum Gasteiger partial charge on any atom is 0.0600 e. The third kappa shape index (κ3) is 2.79. The Bertz CT molecular complexity index is 535. The van der Waals surface area contributed by atoms with Crippen LogP contribution in [0.2, 0.25) is 0 Å². The highest BCUT2D eigenvalue weighted by molar-refractivity contribution is 9.10. The van der Waals surface area contributed by atoms with Crippen LogP contribution in [0.15, 0.2) is 41.0 Å². The lowest BCUT2D eigenvalue weighted by Gasteiger charge is -2.19. The molecule has 94 valence electrons. The molecule has 0 radical (unpaired) electrons. The van der Waals surface area contributed by atoms with Crippen LogP contribution in [0.3, 0.4) is 0 Å². The summed E-state index contributed by atoms with van der Waals surface area (Å²) >= 11 is 3.62. The molecule has 0 saturated heterocycles. The van der Waals surface area contributed by atoms with Gasteiger partial charge in [-0.25, -0.2) is 0 Å². The van der Waals surface area contributed by atoms with Crippen LogP contribution in [0, 0.1) is 13.8 Å². The molecule has 0 spiro atoms. The van der Waals surface area contributed by atoms with Gasteiger partial charge < -0.3 is 5.32 Å². The molecule has 2 rings (SSSR count). The second-order valence-corrected chi connectivity index (χ2v) is 5.33. The molecule has 1 heterocycles. The van der Waals surface area contributed by atoms with Crippen LogP contribution in [0.1, 0.15) is 28.4 Å². The summed E-state index contributed by atoms with van der Waals surface area (Å²) in [7, 11) is 1.97. The zero-order valence-electron chi connectivity index (χ0n) is 10.9. The zero-order chi connectivity index (χ0) is 13.1. The Balaban J connectivity index is 2.44. The monoisotopic (exact) mass is 304 g/mol. The number of rotatable bonds is 3. The van der Waals surface area contributed by atoms with Gasteiger partial charge in [-0.2, -0.15) is 0 Å². The summed E-state index contributed by atoms with van der Waals surface area (Å²) in [6, 6.07) is 10.7. The van der Waals surface area contributed by atoms with E-state index in [-0.39, 0.29) is 6.04 Å². The molecule has 1 atom stereocenters. The number of aryl methyl sites for hydroxylation is 2. The summed E-state index contributed by atoms with van der Waals surface area (Å²) in [5.74, 6) is 0. The first-order chi connectivity index (χ1) is 8.61. The Morgan fingerprint density at radius 1 is 1.17 bits per heavy atom. The minimum absolute atomic E-state index is 0.160. The maximum absolute atomic E-state index is 4.37. The Morgan fingerprint density at radius 3 is 2.56 bits per heavy atom. The second-order valence-electron chi connectivity index (χ2n) is 4.48. The maximum atomic E-state index is 4.37. The van der Waals surface area contributed by atoms with Crippen molar-refractivity contribution in [3.05, 3.63) is 63.4 Å². The molecule has 0 bridgehead atoms. The summed E-state index contributed by atoms with van der Waals surface area (Å²) in [5, 5.41) is 3.35. The highest BCUT2D eigenvalue weighted by atomic mass is 79.9. The SMILES string of the molecule is CNC(c1ccc(C)nc1)c1cc(C)ccc1Br. The van der Waals surface area contributed by atoms with E-state index in [4.69, 9.17) is 0 Å². The van der Waals surface area contributed by atoms with Crippen LogP contribution in [0.5, 0.6) is 0 Å². The summed E-state index contributed by atoms with van der Waals surface area (Å²) in [4.78, 5) is 4.37. The van der Waals surface area contributed by atoms with E-state index < -0.39 is 0 Å². The fraction of sp³-hybridized carbons (Fsp3) is 0.267. The molecule has 2 aromatic rings. The van der Waals surface area contributed by atoms with Gasteiger partial charge in [-0.1, -0.05) is 39.7 Å². The van der Waals surface area contributed by atoms with Crippen molar-refractivity contribution in [3.8, 4) is 0 Å². The van der Waals surface area contributed by atoms with Crippen LogP contribution in [0.25, 0.3) is 0 Å². The van der Waals surface area contributed by atoms with Gasteiger partial charge in [0.25, 0.3) is 0 Å². The molecule has 1 aromatic carbocycles. The zero-order valence-corrected chi connectivity index (χ0v) is 12.5. The van der Waals surface area contributed by atoms with Gasteiger partial charge in [0, 0.05) is 16.4 Å². The van der Waals surface area contributed by atoms with Crippen LogP contribution >= 0.6 is 15.9 Å². The van der Waals surface area contributed by atoms with Crippen molar-refractivity contribution in [2.24, 2.45) is 0 Å². The van der Waals surface area contributed by atoms with Crippen molar-refractivity contribution in [2.75, 3.05) is 7.05 Å². The van der Waals surface area contributed by atoms with Crippen molar-refractivity contribution >= 4 is 15.9 Å². The van der Waals surface area contributed by atoms with Gasteiger partial charge in [0.05, 0.1) is 6.04 Å². The molecular formula is C15H17BrN2. The van der Waals surface area contributed by atoms with E-state index in [1.165, 1.54) is 16.7 Å². The molecule has 0 aliphatic heterocycles. The average Bonchev–Trinajstić information content (AvgIpc) is 2.37. The molecule has 0 fully saturated rings. The number of nitrogens with one attached hydrogen (secondary N) is 1. The summed E-state index contributed by atoms with van der Waals surface area (Å²) in [6.07, 6.45) is 1.94. The van der Waals surface area contributed by atoms with E-state index in [2.05, 4.69) is 57.4 Å². The van der Waals surface area contributed by atoms with E-state index in [9.17, 15) is 0 Å². The van der Waals surface area contributed by atoms with Gasteiger partial charge in [0.1, 0.15) is 0 Å². The summed E-state index contributed by atoms with van der Waals surface area (Å²) in [5.41, 5.74) is 4.71. The number of hydrogen-bond donors (Lipinski definition) is 1. The first kappa shape index (κ1) is 13.2. The van der Waals surface area contributed by atoms with Crippen molar-refractivity contribution < 1.29 is 0 Å². The van der Waals surface area contributed by atoms with E-state index in [1.54, 1.807) is 0 Å². The standard InChI is InChI=1S/C15H17BrN2/c1-10-4-7-14(16)13(8-10)15(17-3)12-6-5-11(2)18-9-12/h4-9,15,17H,1-3H3. The molecule has 1 unspecified atom stereocenters. The number of nitrogens with zero attached hydrogens (tertiary/aromatic N) is 1. The van der Waals surface area contributed by atoms with Crippen LogP contribution in [0.4, 0.5) is 0 Å². The molecule has 18 heavy (non-hydrogen) atoms. The normalized spacial score (nSPS) is 12.4. The Hall–Kier alpha value is -1.19.